The van der Waals surface area contributed by atoms with Crippen molar-refractivity contribution >= 4 is 24.6 Å². The van der Waals surface area contributed by atoms with Gasteiger partial charge in [0.1, 0.15) is 5.60 Å². The predicted octanol–water partition coefficient (Wildman–Crippen LogP) is 3.29. The number of alkyl carbamates (subject to hydrolysis) is 1. The van der Waals surface area contributed by atoms with E-state index in [1.807, 2.05) is 77.6 Å². The van der Waals surface area contributed by atoms with E-state index in [-0.39, 0.29) is 23.0 Å². The third kappa shape index (κ3) is 6.73. The Kier molecular flexibility index (Phi) is 7.49. The molecular weight excluding hydrogens is 419 g/mol. The minimum Gasteiger partial charge on any atom is -0.444 e. The molecule has 0 bridgehead atoms. The summed E-state index contributed by atoms with van der Waals surface area (Å²) in [6, 6.07) is 7.91. The lowest BCUT2D eigenvalue weighted by Crippen LogP contribution is -2.45. The number of carbonyl (C=O) groups is 2. The third-order valence-electron chi connectivity index (χ3n) is 6.67. The zero-order valence-corrected chi connectivity index (χ0v) is 21.2. The average Bonchev–Trinajstić information content (AvgIpc) is 2.93. The standard InChI is InChI=1S/C25H39BN2O5/c1-23(2,3)31-22(30)27-16-19-9-8-14-28(17-19)21(29)15-18-10-12-20(13-11-18)26-32-24(4,5)25(6,7)33-26/h10-13,19H,8-9,14-17H2,1-7H3,(H,27,30). The van der Waals surface area contributed by atoms with Crippen molar-refractivity contribution in [2.75, 3.05) is 19.6 Å². The molecule has 1 aromatic rings. The average molecular weight is 458 g/mol. The molecule has 182 valence electrons. The third-order valence-corrected chi connectivity index (χ3v) is 6.67. The zero-order chi connectivity index (χ0) is 24.4. The van der Waals surface area contributed by atoms with Crippen LogP contribution in [-0.2, 0) is 25.3 Å². The van der Waals surface area contributed by atoms with Crippen LogP contribution in [0.5, 0.6) is 0 Å². The molecule has 0 radical (unpaired) electrons. The van der Waals surface area contributed by atoms with Gasteiger partial charge < -0.3 is 24.3 Å². The van der Waals surface area contributed by atoms with Crippen LogP contribution in [0.25, 0.3) is 0 Å². The van der Waals surface area contributed by atoms with Crippen LogP contribution in [0.2, 0.25) is 0 Å². The van der Waals surface area contributed by atoms with Gasteiger partial charge in [-0.25, -0.2) is 4.79 Å². The number of nitrogens with one attached hydrogen (secondary N) is 1. The van der Waals surface area contributed by atoms with Crippen LogP contribution < -0.4 is 10.8 Å². The molecule has 2 saturated heterocycles. The Morgan fingerprint density at radius 1 is 1.12 bits per heavy atom. The molecule has 2 fully saturated rings. The number of ether oxygens (including phenoxy) is 1. The lowest BCUT2D eigenvalue weighted by Gasteiger charge is -2.33. The van der Waals surface area contributed by atoms with Gasteiger partial charge >= 0.3 is 13.2 Å². The molecule has 33 heavy (non-hydrogen) atoms. The highest BCUT2D eigenvalue weighted by atomic mass is 16.7. The van der Waals surface area contributed by atoms with Crippen LogP contribution in [0.4, 0.5) is 4.79 Å². The Bertz CT molecular complexity index is 831. The molecule has 8 heteroatoms. The molecule has 0 aliphatic carbocycles. The molecule has 1 N–H and O–H groups in total. The highest BCUT2D eigenvalue weighted by Gasteiger charge is 2.51. The zero-order valence-electron chi connectivity index (χ0n) is 21.2. The van der Waals surface area contributed by atoms with Crippen LogP contribution in [0.15, 0.2) is 24.3 Å². The quantitative estimate of drug-likeness (QED) is 0.686. The maximum absolute atomic E-state index is 12.9. The maximum atomic E-state index is 12.9. The van der Waals surface area contributed by atoms with Crippen LogP contribution in [0, 0.1) is 5.92 Å². The fraction of sp³-hybridized carbons (Fsp3) is 0.680. The van der Waals surface area contributed by atoms with E-state index >= 15 is 0 Å². The van der Waals surface area contributed by atoms with Gasteiger partial charge in [-0.05, 0) is 78.3 Å². The van der Waals surface area contributed by atoms with Gasteiger partial charge in [-0.2, -0.15) is 0 Å². The molecule has 1 atom stereocenters. The smallest absolute Gasteiger partial charge is 0.444 e. The van der Waals surface area contributed by atoms with Gasteiger partial charge in [0.15, 0.2) is 0 Å². The van der Waals surface area contributed by atoms with E-state index < -0.39 is 18.8 Å². The van der Waals surface area contributed by atoms with Crippen LogP contribution in [0.1, 0.15) is 66.9 Å². The Balaban J connectivity index is 1.50. The summed E-state index contributed by atoms with van der Waals surface area (Å²) in [7, 11) is -0.403. The number of benzene rings is 1. The topological polar surface area (TPSA) is 77.1 Å². The summed E-state index contributed by atoms with van der Waals surface area (Å²) in [5.74, 6) is 0.348. The number of hydrogen-bond donors (Lipinski definition) is 1. The molecule has 3 rings (SSSR count). The highest BCUT2D eigenvalue weighted by molar-refractivity contribution is 6.62. The number of likely N-dealkylation sites (tertiary alicyclic amines) is 1. The lowest BCUT2D eigenvalue weighted by molar-refractivity contribution is -0.132. The van der Waals surface area contributed by atoms with Gasteiger partial charge in [0.05, 0.1) is 17.6 Å². The van der Waals surface area contributed by atoms with Gasteiger partial charge in [0.2, 0.25) is 5.91 Å². The number of nitrogens with zero attached hydrogens (tertiary/aromatic N) is 1. The van der Waals surface area contributed by atoms with E-state index in [1.54, 1.807) is 0 Å². The molecule has 1 unspecified atom stereocenters. The first kappa shape index (κ1) is 25.6. The minimum absolute atomic E-state index is 0.111. The first-order chi connectivity index (χ1) is 15.3. The van der Waals surface area contributed by atoms with E-state index in [4.69, 9.17) is 14.0 Å². The van der Waals surface area contributed by atoms with E-state index in [1.165, 1.54) is 0 Å². The molecule has 0 spiro atoms. The van der Waals surface area contributed by atoms with Gasteiger partial charge in [0, 0.05) is 19.6 Å². The number of carbonyl (C=O) groups excluding carboxylic acids is 2. The Hall–Kier alpha value is -2.06. The van der Waals surface area contributed by atoms with E-state index in [9.17, 15) is 9.59 Å². The van der Waals surface area contributed by atoms with Crippen molar-refractivity contribution in [3.05, 3.63) is 29.8 Å². The van der Waals surface area contributed by atoms with Gasteiger partial charge in [-0.1, -0.05) is 24.3 Å². The van der Waals surface area contributed by atoms with Crippen molar-refractivity contribution in [1.82, 2.24) is 10.2 Å². The molecule has 0 saturated carbocycles. The molecule has 2 amide bonds. The molecular formula is C25H39BN2O5. The Labute approximate surface area is 198 Å². The van der Waals surface area contributed by atoms with Crippen molar-refractivity contribution in [3.8, 4) is 0 Å². The summed E-state index contributed by atoms with van der Waals surface area (Å²) in [4.78, 5) is 26.7. The summed E-state index contributed by atoms with van der Waals surface area (Å²) in [6.07, 6.45) is 1.87. The minimum atomic E-state index is -0.517. The second kappa shape index (κ2) is 9.67. The van der Waals surface area contributed by atoms with E-state index in [0.29, 0.717) is 19.5 Å². The van der Waals surface area contributed by atoms with E-state index in [2.05, 4.69) is 5.32 Å². The summed E-state index contributed by atoms with van der Waals surface area (Å²) < 4.78 is 17.5. The molecule has 7 nitrogen and oxygen atoms in total. The largest absolute Gasteiger partial charge is 0.494 e. The molecule has 2 heterocycles. The first-order valence-corrected chi connectivity index (χ1v) is 11.9. The number of piperidine rings is 1. The lowest BCUT2D eigenvalue weighted by atomic mass is 9.79. The summed E-state index contributed by atoms with van der Waals surface area (Å²) in [5, 5.41) is 2.84. The monoisotopic (exact) mass is 458 g/mol. The second-order valence-electron chi connectivity index (χ2n) is 11.2. The summed E-state index contributed by atoms with van der Waals surface area (Å²) in [6.45, 7) is 15.6. The first-order valence-electron chi connectivity index (χ1n) is 11.9. The fourth-order valence-corrected chi connectivity index (χ4v) is 4.06. The molecule has 1 aromatic carbocycles. The van der Waals surface area contributed by atoms with Gasteiger partial charge in [0.25, 0.3) is 0 Å². The maximum Gasteiger partial charge on any atom is 0.494 e. The van der Waals surface area contributed by atoms with Crippen molar-refractivity contribution < 1.29 is 23.6 Å². The summed E-state index contributed by atoms with van der Waals surface area (Å²) in [5.41, 5.74) is 0.645. The highest BCUT2D eigenvalue weighted by Crippen LogP contribution is 2.36. The van der Waals surface area contributed by atoms with Crippen molar-refractivity contribution in [2.45, 2.75) is 84.5 Å². The second-order valence-corrected chi connectivity index (χ2v) is 11.2. The van der Waals surface area contributed by atoms with Crippen LogP contribution in [0.3, 0.4) is 0 Å². The van der Waals surface area contributed by atoms with E-state index in [0.717, 1.165) is 30.4 Å². The number of rotatable bonds is 5. The van der Waals surface area contributed by atoms with Gasteiger partial charge in [-0.3, -0.25) is 4.79 Å². The van der Waals surface area contributed by atoms with Crippen molar-refractivity contribution in [3.63, 3.8) is 0 Å². The normalized spacial score (nSPS) is 22.2. The predicted molar refractivity (Wildman–Crippen MR) is 129 cm³/mol. The number of hydrogen-bond acceptors (Lipinski definition) is 5. The van der Waals surface area contributed by atoms with Crippen LogP contribution in [-0.4, -0.2) is 60.5 Å². The Morgan fingerprint density at radius 2 is 1.73 bits per heavy atom. The SMILES string of the molecule is CC(C)(C)OC(=O)NCC1CCCN(C(=O)Cc2ccc(B3OC(C)(C)C(C)(C)O3)cc2)C1. The van der Waals surface area contributed by atoms with Crippen molar-refractivity contribution in [2.24, 2.45) is 5.92 Å². The van der Waals surface area contributed by atoms with Crippen LogP contribution >= 0.6 is 0 Å². The summed E-state index contributed by atoms with van der Waals surface area (Å²) >= 11 is 0. The number of amides is 2. The fourth-order valence-electron chi connectivity index (χ4n) is 4.06. The molecule has 0 aromatic heterocycles. The van der Waals surface area contributed by atoms with Gasteiger partial charge in [-0.15, -0.1) is 0 Å². The molecule has 2 aliphatic rings. The Morgan fingerprint density at radius 3 is 2.30 bits per heavy atom. The molecule has 2 aliphatic heterocycles. The van der Waals surface area contributed by atoms with Crippen molar-refractivity contribution in [1.29, 1.82) is 0 Å².